The average molecular weight is 290 g/mol. The Morgan fingerprint density at radius 2 is 2.05 bits per heavy atom. The number of aliphatic hydroxyl groups excluding tert-OH is 1. The predicted molar refractivity (Wildman–Crippen MR) is 80.3 cm³/mol. The first-order valence-electron chi connectivity index (χ1n) is 7.10. The van der Waals surface area contributed by atoms with Crippen molar-refractivity contribution in [1.29, 1.82) is 0 Å². The molecule has 2 N–H and O–H groups in total. The van der Waals surface area contributed by atoms with Gasteiger partial charge in [-0.2, -0.15) is 5.10 Å². The number of rotatable bonds is 6. The fourth-order valence-corrected chi connectivity index (χ4v) is 2.40. The summed E-state index contributed by atoms with van der Waals surface area (Å²) in [5.41, 5.74) is 0.540. The van der Waals surface area contributed by atoms with Crippen LogP contribution in [0.1, 0.15) is 30.6 Å². The number of nitrogens with zero attached hydrogens (tertiary/aromatic N) is 3. The number of carbonyl (C=O) groups is 1. The molecule has 0 bridgehead atoms. The number of aryl methyl sites for hydroxylation is 1. The number of hydrogen-bond acceptors (Lipinski definition) is 3. The largest absolute Gasteiger partial charge is 0.393 e. The molecule has 0 radical (unpaired) electrons. The van der Waals surface area contributed by atoms with Crippen LogP contribution in [0, 0.1) is 5.92 Å². The van der Waals surface area contributed by atoms with E-state index in [0.717, 1.165) is 5.82 Å². The number of carbonyl (C=O) groups excluding carboxylic acids is 1. The molecule has 6 heteroatoms. The SMILES string of the molecule is CC(O)CC(C)CNC(=O)c1cnn(C)c1-n1cccc1. The molecule has 2 atom stereocenters. The van der Waals surface area contributed by atoms with E-state index in [1.165, 1.54) is 0 Å². The van der Waals surface area contributed by atoms with Gasteiger partial charge in [-0.3, -0.25) is 9.48 Å². The molecule has 6 nitrogen and oxygen atoms in total. The van der Waals surface area contributed by atoms with Gasteiger partial charge in [0.2, 0.25) is 0 Å². The summed E-state index contributed by atoms with van der Waals surface area (Å²) in [6.07, 6.45) is 5.64. The summed E-state index contributed by atoms with van der Waals surface area (Å²) in [6, 6.07) is 3.80. The van der Waals surface area contributed by atoms with Crippen LogP contribution in [-0.4, -0.2) is 38.0 Å². The highest BCUT2D eigenvalue weighted by Gasteiger charge is 2.17. The molecule has 21 heavy (non-hydrogen) atoms. The zero-order valence-corrected chi connectivity index (χ0v) is 12.7. The second-order valence-electron chi connectivity index (χ2n) is 5.50. The van der Waals surface area contributed by atoms with E-state index in [1.807, 2.05) is 43.1 Å². The van der Waals surface area contributed by atoms with Gasteiger partial charge < -0.3 is 15.0 Å². The molecule has 0 aliphatic carbocycles. The molecule has 0 aliphatic rings. The molecule has 1 amide bonds. The standard InChI is InChI=1S/C15H22N4O2/c1-11(8-12(2)20)9-16-14(21)13-10-17-18(3)15(13)19-6-4-5-7-19/h4-7,10-12,20H,8-9H2,1-3H3,(H,16,21). The van der Waals surface area contributed by atoms with Crippen molar-refractivity contribution >= 4 is 5.91 Å². The molecule has 2 aromatic rings. The summed E-state index contributed by atoms with van der Waals surface area (Å²) in [5.74, 6) is 0.811. The zero-order chi connectivity index (χ0) is 15.4. The van der Waals surface area contributed by atoms with Crippen molar-refractivity contribution < 1.29 is 9.90 Å². The molecule has 2 unspecified atom stereocenters. The minimum absolute atomic E-state index is 0.149. The summed E-state index contributed by atoms with van der Waals surface area (Å²) in [7, 11) is 1.81. The molecule has 0 aliphatic heterocycles. The van der Waals surface area contributed by atoms with Crippen LogP contribution in [-0.2, 0) is 7.05 Å². The maximum Gasteiger partial charge on any atom is 0.256 e. The molecular formula is C15H22N4O2. The summed E-state index contributed by atoms with van der Waals surface area (Å²) in [5, 5.41) is 16.4. The van der Waals surface area contributed by atoms with Crippen LogP contribution >= 0.6 is 0 Å². The third kappa shape index (κ3) is 3.72. The number of amides is 1. The zero-order valence-electron chi connectivity index (χ0n) is 12.7. The molecule has 2 aromatic heterocycles. The van der Waals surface area contributed by atoms with E-state index in [9.17, 15) is 9.90 Å². The number of aliphatic hydroxyl groups is 1. The molecule has 2 heterocycles. The van der Waals surface area contributed by atoms with Crippen LogP contribution in [0.4, 0.5) is 0 Å². The second-order valence-corrected chi connectivity index (χ2v) is 5.50. The normalized spacial score (nSPS) is 13.9. The smallest absolute Gasteiger partial charge is 0.256 e. The van der Waals surface area contributed by atoms with Crippen LogP contribution < -0.4 is 5.32 Å². The third-order valence-corrected chi connectivity index (χ3v) is 3.36. The third-order valence-electron chi connectivity index (χ3n) is 3.36. The molecule has 0 fully saturated rings. The highest BCUT2D eigenvalue weighted by molar-refractivity contribution is 5.97. The quantitative estimate of drug-likeness (QED) is 0.843. The first-order chi connectivity index (χ1) is 9.99. The number of nitrogens with one attached hydrogen (secondary N) is 1. The van der Waals surface area contributed by atoms with Crippen LogP contribution in [0.3, 0.4) is 0 Å². The fraction of sp³-hybridized carbons (Fsp3) is 0.467. The molecule has 0 saturated carbocycles. The van der Waals surface area contributed by atoms with Crippen molar-refractivity contribution in [2.45, 2.75) is 26.4 Å². The van der Waals surface area contributed by atoms with Gasteiger partial charge in [-0.05, 0) is 31.4 Å². The van der Waals surface area contributed by atoms with Gasteiger partial charge in [-0.15, -0.1) is 0 Å². The highest BCUT2D eigenvalue weighted by Crippen LogP contribution is 2.14. The van der Waals surface area contributed by atoms with Gasteiger partial charge in [0.25, 0.3) is 5.91 Å². The van der Waals surface area contributed by atoms with E-state index < -0.39 is 0 Å². The van der Waals surface area contributed by atoms with Gasteiger partial charge in [0.1, 0.15) is 11.4 Å². The van der Waals surface area contributed by atoms with Gasteiger partial charge in [-0.1, -0.05) is 6.92 Å². The van der Waals surface area contributed by atoms with E-state index >= 15 is 0 Å². The summed E-state index contributed by atoms with van der Waals surface area (Å²) < 4.78 is 3.54. The topological polar surface area (TPSA) is 72.1 Å². The maximum atomic E-state index is 12.3. The summed E-state index contributed by atoms with van der Waals surface area (Å²) in [6.45, 7) is 4.29. The van der Waals surface area contributed by atoms with Crippen molar-refractivity contribution in [2.24, 2.45) is 13.0 Å². The van der Waals surface area contributed by atoms with Crippen LogP contribution in [0.15, 0.2) is 30.7 Å². The average Bonchev–Trinajstić information content (AvgIpc) is 3.03. The molecule has 0 aromatic carbocycles. The first-order valence-corrected chi connectivity index (χ1v) is 7.10. The number of hydrogen-bond donors (Lipinski definition) is 2. The Kier molecular flexibility index (Phi) is 4.80. The lowest BCUT2D eigenvalue weighted by Gasteiger charge is -2.14. The second kappa shape index (κ2) is 6.58. The molecule has 0 spiro atoms. The summed E-state index contributed by atoms with van der Waals surface area (Å²) >= 11 is 0. The Hall–Kier alpha value is -2.08. The van der Waals surface area contributed by atoms with Crippen molar-refractivity contribution in [3.05, 3.63) is 36.3 Å². The van der Waals surface area contributed by atoms with Gasteiger partial charge in [0, 0.05) is 26.0 Å². The van der Waals surface area contributed by atoms with E-state index in [-0.39, 0.29) is 17.9 Å². The minimum Gasteiger partial charge on any atom is -0.393 e. The van der Waals surface area contributed by atoms with E-state index in [4.69, 9.17) is 0 Å². The summed E-state index contributed by atoms with van der Waals surface area (Å²) in [4.78, 5) is 12.3. The number of aromatic nitrogens is 3. The maximum absolute atomic E-state index is 12.3. The van der Waals surface area contributed by atoms with Gasteiger partial charge in [-0.25, -0.2) is 0 Å². The Morgan fingerprint density at radius 1 is 1.38 bits per heavy atom. The lowest BCUT2D eigenvalue weighted by Crippen LogP contribution is -2.30. The van der Waals surface area contributed by atoms with Crippen molar-refractivity contribution in [1.82, 2.24) is 19.7 Å². The van der Waals surface area contributed by atoms with Crippen molar-refractivity contribution in [3.8, 4) is 5.82 Å². The molecule has 114 valence electrons. The Labute approximate surface area is 124 Å². The molecular weight excluding hydrogens is 268 g/mol. The van der Waals surface area contributed by atoms with E-state index in [2.05, 4.69) is 10.4 Å². The van der Waals surface area contributed by atoms with Crippen LogP contribution in [0.2, 0.25) is 0 Å². The van der Waals surface area contributed by atoms with Gasteiger partial charge in [0.05, 0.1) is 12.3 Å². The van der Waals surface area contributed by atoms with Gasteiger partial charge >= 0.3 is 0 Å². The fourth-order valence-electron chi connectivity index (χ4n) is 2.40. The van der Waals surface area contributed by atoms with Crippen LogP contribution in [0.5, 0.6) is 0 Å². The lowest BCUT2D eigenvalue weighted by atomic mass is 10.0. The highest BCUT2D eigenvalue weighted by atomic mass is 16.3. The van der Waals surface area contributed by atoms with E-state index in [1.54, 1.807) is 17.8 Å². The van der Waals surface area contributed by atoms with Gasteiger partial charge in [0.15, 0.2) is 0 Å². The van der Waals surface area contributed by atoms with E-state index in [0.29, 0.717) is 18.5 Å². The van der Waals surface area contributed by atoms with Crippen molar-refractivity contribution in [3.63, 3.8) is 0 Å². The lowest BCUT2D eigenvalue weighted by molar-refractivity contribution is 0.0939. The van der Waals surface area contributed by atoms with Crippen LogP contribution in [0.25, 0.3) is 5.82 Å². The predicted octanol–water partition coefficient (Wildman–Crippen LogP) is 1.35. The van der Waals surface area contributed by atoms with Crippen molar-refractivity contribution in [2.75, 3.05) is 6.54 Å². The molecule has 0 saturated heterocycles. The monoisotopic (exact) mass is 290 g/mol. The Bertz CT molecular complexity index is 587. The Balaban J connectivity index is 2.07. The Morgan fingerprint density at radius 3 is 2.67 bits per heavy atom. The minimum atomic E-state index is -0.356. The first kappa shape index (κ1) is 15.3. The molecule has 2 rings (SSSR count).